The van der Waals surface area contributed by atoms with Gasteiger partial charge in [-0.2, -0.15) is 13.2 Å². The molecule has 5 nitrogen and oxygen atoms in total. The van der Waals surface area contributed by atoms with Gasteiger partial charge in [0.05, 0.1) is 5.56 Å². The molecule has 0 atom stereocenters. The SMILES string of the molecule is N=C(N)OC(=N)c1ccc(C(F)(F)F)cn1. The summed E-state index contributed by atoms with van der Waals surface area (Å²) in [5.41, 5.74) is 3.78. The van der Waals surface area contributed by atoms with Crippen molar-refractivity contribution in [1.82, 2.24) is 4.98 Å². The second kappa shape index (κ2) is 4.17. The summed E-state index contributed by atoms with van der Waals surface area (Å²) < 4.78 is 40.8. The number of nitrogens with two attached hydrogens (primary N) is 1. The molecule has 0 aliphatic carbocycles. The summed E-state index contributed by atoms with van der Waals surface area (Å²) in [4.78, 5) is 3.38. The molecule has 1 aromatic heterocycles. The van der Waals surface area contributed by atoms with E-state index in [2.05, 4.69) is 9.72 Å². The first-order valence-corrected chi connectivity index (χ1v) is 3.95. The normalized spacial score (nSPS) is 10.9. The minimum Gasteiger partial charge on any atom is -0.406 e. The molecule has 16 heavy (non-hydrogen) atoms. The molecule has 1 rings (SSSR count). The van der Waals surface area contributed by atoms with Crippen LogP contribution in [0.15, 0.2) is 18.3 Å². The van der Waals surface area contributed by atoms with Crippen LogP contribution in [-0.2, 0) is 10.9 Å². The number of halogens is 3. The molecule has 0 amide bonds. The molecular weight excluding hydrogens is 225 g/mol. The molecule has 0 aromatic carbocycles. The maximum Gasteiger partial charge on any atom is 0.417 e. The number of aromatic nitrogens is 1. The number of amidine groups is 1. The van der Waals surface area contributed by atoms with Crippen LogP contribution >= 0.6 is 0 Å². The molecule has 0 bridgehead atoms. The Balaban J connectivity index is 2.87. The van der Waals surface area contributed by atoms with E-state index in [1.807, 2.05) is 0 Å². The van der Waals surface area contributed by atoms with Gasteiger partial charge in [0.15, 0.2) is 0 Å². The molecule has 0 fully saturated rings. The van der Waals surface area contributed by atoms with Gasteiger partial charge in [-0.05, 0) is 12.1 Å². The first-order valence-electron chi connectivity index (χ1n) is 3.95. The van der Waals surface area contributed by atoms with Crippen LogP contribution in [0, 0.1) is 10.8 Å². The summed E-state index contributed by atoms with van der Waals surface area (Å²) in [6.07, 6.45) is -3.90. The van der Waals surface area contributed by atoms with Crippen LogP contribution in [0.25, 0.3) is 0 Å². The second-order valence-corrected chi connectivity index (χ2v) is 2.73. The molecule has 1 aromatic rings. The molecule has 0 saturated heterocycles. The van der Waals surface area contributed by atoms with Gasteiger partial charge in [-0.1, -0.05) is 0 Å². The fourth-order valence-corrected chi connectivity index (χ4v) is 0.858. The molecule has 0 radical (unpaired) electrons. The fraction of sp³-hybridized carbons (Fsp3) is 0.125. The van der Waals surface area contributed by atoms with Crippen molar-refractivity contribution >= 4 is 11.9 Å². The summed E-state index contributed by atoms with van der Waals surface area (Å²) >= 11 is 0. The monoisotopic (exact) mass is 232 g/mol. The zero-order valence-corrected chi connectivity index (χ0v) is 7.80. The van der Waals surface area contributed by atoms with Gasteiger partial charge in [0.2, 0.25) is 5.90 Å². The third kappa shape index (κ3) is 2.94. The van der Waals surface area contributed by atoms with Gasteiger partial charge in [-0.15, -0.1) is 0 Å². The summed E-state index contributed by atoms with van der Waals surface area (Å²) in [5.74, 6) is -0.582. The number of ether oxygens (including phenoxy) is 1. The molecule has 0 aliphatic heterocycles. The summed E-state index contributed by atoms with van der Waals surface area (Å²) in [6.45, 7) is 0. The van der Waals surface area contributed by atoms with E-state index >= 15 is 0 Å². The Bertz CT molecular complexity index is 412. The largest absolute Gasteiger partial charge is 0.417 e. The number of hydrogen-bond donors (Lipinski definition) is 3. The van der Waals surface area contributed by atoms with Gasteiger partial charge in [-0.3, -0.25) is 15.8 Å². The highest BCUT2D eigenvalue weighted by atomic mass is 19.4. The third-order valence-electron chi connectivity index (χ3n) is 1.54. The topological polar surface area (TPSA) is 95.8 Å². The number of nitrogens with one attached hydrogen (secondary N) is 2. The van der Waals surface area contributed by atoms with E-state index in [1.165, 1.54) is 0 Å². The van der Waals surface area contributed by atoms with E-state index < -0.39 is 23.7 Å². The summed E-state index contributed by atoms with van der Waals surface area (Å²) in [6, 6.07) is 1.00. The predicted molar refractivity (Wildman–Crippen MR) is 49.1 cm³/mol. The van der Waals surface area contributed by atoms with E-state index in [0.29, 0.717) is 6.20 Å². The average Bonchev–Trinajstić information content (AvgIpc) is 2.15. The average molecular weight is 232 g/mol. The number of pyridine rings is 1. The number of rotatable bonds is 1. The maximum absolute atomic E-state index is 12.2. The highest BCUT2D eigenvalue weighted by Gasteiger charge is 2.30. The first-order chi connectivity index (χ1) is 7.30. The molecule has 86 valence electrons. The fourth-order valence-electron chi connectivity index (χ4n) is 0.858. The van der Waals surface area contributed by atoms with Crippen LogP contribution in [0.2, 0.25) is 0 Å². The van der Waals surface area contributed by atoms with E-state index in [9.17, 15) is 13.2 Å². The van der Waals surface area contributed by atoms with Crippen LogP contribution < -0.4 is 5.73 Å². The Hall–Kier alpha value is -2.12. The molecule has 1 heterocycles. The minimum absolute atomic E-state index is 0.136. The first kappa shape index (κ1) is 12.0. The molecule has 4 N–H and O–H groups in total. The van der Waals surface area contributed by atoms with E-state index in [-0.39, 0.29) is 5.69 Å². The van der Waals surface area contributed by atoms with Crippen molar-refractivity contribution in [2.24, 2.45) is 5.73 Å². The summed E-state index contributed by atoms with van der Waals surface area (Å²) in [5, 5.41) is 13.9. The van der Waals surface area contributed by atoms with Crippen molar-refractivity contribution in [3.05, 3.63) is 29.6 Å². The van der Waals surface area contributed by atoms with E-state index in [0.717, 1.165) is 12.1 Å². The lowest BCUT2D eigenvalue weighted by Crippen LogP contribution is -2.20. The lowest BCUT2D eigenvalue weighted by atomic mass is 10.2. The molecular formula is C8H7F3N4O. The van der Waals surface area contributed by atoms with Crippen molar-refractivity contribution in [2.75, 3.05) is 0 Å². The number of nitrogens with zero attached hydrogens (tertiary/aromatic N) is 1. The van der Waals surface area contributed by atoms with Crippen molar-refractivity contribution < 1.29 is 17.9 Å². The lowest BCUT2D eigenvalue weighted by Gasteiger charge is -2.07. The molecule has 0 unspecified atom stereocenters. The van der Waals surface area contributed by atoms with Gasteiger partial charge in [0.25, 0.3) is 6.02 Å². The molecule has 8 heteroatoms. The highest BCUT2D eigenvalue weighted by molar-refractivity contribution is 5.96. The summed E-state index contributed by atoms with van der Waals surface area (Å²) in [7, 11) is 0. The number of alkyl halides is 3. The lowest BCUT2D eigenvalue weighted by molar-refractivity contribution is -0.137. The Kier molecular flexibility index (Phi) is 3.11. The van der Waals surface area contributed by atoms with Crippen LogP contribution in [0.1, 0.15) is 11.3 Å². The van der Waals surface area contributed by atoms with Crippen LogP contribution in [-0.4, -0.2) is 16.9 Å². The molecule has 0 spiro atoms. The van der Waals surface area contributed by atoms with Crippen molar-refractivity contribution in [3.8, 4) is 0 Å². The van der Waals surface area contributed by atoms with Crippen LogP contribution in [0.5, 0.6) is 0 Å². The Morgan fingerprint density at radius 3 is 2.31 bits per heavy atom. The second-order valence-electron chi connectivity index (χ2n) is 2.73. The Labute approximate surface area is 88.1 Å². The predicted octanol–water partition coefficient (Wildman–Crippen LogP) is 1.34. The van der Waals surface area contributed by atoms with E-state index in [4.69, 9.17) is 16.6 Å². The highest BCUT2D eigenvalue weighted by Crippen LogP contribution is 2.28. The van der Waals surface area contributed by atoms with Crippen LogP contribution in [0.4, 0.5) is 13.2 Å². The third-order valence-corrected chi connectivity index (χ3v) is 1.54. The molecule has 0 saturated carbocycles. The van der Waals surface area contributed by atoms with Gasteiger partial charge in [-0.25, -0.2) is 0 Å². The maximum atomic E-state index is 12.2. The van der Waals surface area contributed by atoms with Gasteiger partial charge >= 0.3 is 6.18 Å². The van der Waals surface area contributed by atoms with Crippen molar-refractivity contribution in [2.45, 2.75) is 6.18 Å². The van der Waals surface area contributed by atoms with Gasteiger partial charge < -0.3 is 10.5 Å². The zero-order valence-electron chi connectivity index (χ0n) is 7.80. The minimum atomic E-state index is -4.48. The number of hydrogen-bond acceptors (Lipinski definition) is 4. The van der Waals surface area contributed by atoms with Crippen molar-refractivity contribution in [1.29, 1.82) is 10.8 Å². The smallest absolute Gasteiger partial charge is 0.406 e. The van der Waals surface area contributed by atoms with Gasteiger partial charge in [0, 0.05) is 6.20 Å². The quantitative estimate of drug-likeness (QED) is 0.503. The zero-order chi connectivity index (χ0) is 12.3. The Morgan fingerprint density at radius 2 is 1.94 bits per heavy atom. The molecule has 0 aliphatic rings. The standard InChI is InChI=1S/C8H7F3N4O/c9-8(10,11)4-1-2-5(15-3-4)6(12)16-7(13)14/h1-3,12H,(H3,13,14). The Morgan fingerprint density at radius 1 is 1.31 bits per heavy atom. The van der Waals surface area contributed by atoms with E-state index in [1.54, 1.807) is 0 Å². The van der Waals surface area contributed by atoms with Crippen molar-refractivity contribution in [3.63, 3.8) is 0 Å². The van der Waals surface area contributed by atoms with Crippen LogP contribution in [0.3, 0.4) is 0 Å². The van der Waals surface area contributed by atoms with Gasteiger partial charge in [0.1, 0.15) is 5.69 Å².